The third-order valence-electron chi connectivity index (χ3n) is 6.03. The molecule has 0 radical (unpaired) electrons. The van der Waals surface area contributed by atoms with Gasteiger partial charge in [0.2, 0.25) is 5.91 Å². The van der Waals surface area contributed by atoms with Gasteiger partial charge in [0, 0.05) is 29.6 Å². The normalized spacial score (nSPS) is 18.7. The van der Waals surface area contributed by atoms with Crippen molar-refractivity contribution in [2.24, 2.45) is 0 Å². The van der Waals surface area contributed by atoms with Gasteiger partial charge in [0.15, 0.2) is 0 Å². The molecule has 6 nitrogen and oxygen atoms in total. The molecule has 2 aromatic carbocycles. The Bertz CT molecular complexity index is 1280. The van der Waals surface area contributed by atoms with Crippen molar-refractivity contribution in [3.63, 3.8) is 0 Å². The van der Waals surface area contributed by atoms with Gasteiger partial charge in [-0.15, -0.1) is 13.2 Å². The zero-order valence-corrected chi connectivity index (χ0v) is 20.3. The number of hydrogen-bond acceptors (Lipinski definition) is 5. The van der Waals surface area contributed by atoms with Gasteiger partial charge < -0.3 is 9.64 Å². The van der Waals surface area contributed by atoms with Gasteiger partial charge in [-0.3, -0.25) is 19.7 Å². The molecule has 2 aliphatic rings. The van der Waals surface area contributed by atoms with E-state index in [1.807, 2.05) is 26.8 Å². The van der Waals surface area contributed by atoms with E-state index in [9.17, 15) is 27.6 Å². The second-order valence-electron chi connectivity index (χ2n) is 9.04. The highest BCUT2D eigenvalue weighted by molar-refractivity contribution is 8.18. The summed E-state index contributed by atoms with van der Waals surface area (Å²) in [5.74, 6) is -1.04. The molecular weight excluding hydrogens is 481 g/mol. The van der Waals surface area contributed by atoms with Crippen LogP contribution >= 0.6 is 11.8 Å². The molecule has 184 valence electrons. The lowest BCUT2D eigenvalue weighted by molar-refractivity contribution is -0.274. The molecule has 1 saturated heterocycles. The highest BCUT2D eigenvalue weighted by Crippen LogP contribution is 2.45. The lowest BCUT2D eigenvalue weighted by atomic mass is 9.75. The molecule has 0 saturated carbocycles. The first-order valence-corrected chi connectivity index (χ1v) is 11.7. The van der Waals surface area contributed by atoms with Gasteiger partial charge in [-0.2, -0.15) is 0 Å². The predicted octanol–water partition coefficient (Wildman–Crippen LogP) is 5.92. The molecule has 0 aromatic heterocycles. The van der Waals surface area contributed by atoms with Gasteiger partial charge in [0.25, 0.3) is 11.1 Å². The molecule has 2 aliphatic heterocycles. The number of carbonyl (C=O) groups excluding carboxylic acids is 3. The summed E-state index contributed by atoms with van der Waals surface area (Å²) in [6.07, 6.45) is -3.15. The Morgan fingerprint density at radius 1 is 1.14 bits per heavy atom. The Morgan fingerprint density at radius 2 is 1.86 bits per heavy atom. The highest BCUT2D eigenvalue weighted by atomic mass is 32.2. The van der Waals surface area contributed by atoms with Crippen molar-refractivity contribution < 1.29 is 32.3 Å². The number of nitrogens with one attached hydrogen (secondary N) is 1. The largest absolute Gasteiger partial charge is 0.573 e. The Kier molecular flexibility index (Phi) is 6.21. The summed E-state index contributed by atoms with van der Waals surface area (Å²) < 4.78 is 44.0. The summed E-state index contributed by atoms with van der Waals surface area (Å²) in [7, 11) is 0. The average molecular weight is 505 g/mol. The fourth-order valence-corrected chi connectivity index (χ4v) is 5.12. The minimum absolute atomic E-state index is 0.0565. The Morgan fingerprint density at radius 3 is 2.46 bits per heavy atom. The van der Waals surface area contributed by atoms with E-state index in [4.69, 9.17) is 0 Å². The average Bonchev–Trinajstić information content (AvgIpc) is 3.05. The molecule has 10 heteroatoms. The summed E-state index contributed by atoms with van der Waals surface area (Å²) in [5, 5.41) is 1.63. The van der Waals surface area contributed by atoms with Crippen LogP contribution in [0.5, 0.6) is 5.75 Å². The second-order valence-corrected chi connectivity index (χ2v) is 10.1. The van der Waals surface area contributed by atoms with Crippen molar-refractivity contribution in [2.45, 2.75) is 45.9 Å². The number of benzene rings is 2. The second kappa shape index (κ2) is 8.75. The van der Waals surface area contributed by atoms with Crippen LogP contribution in [-0.4, -0.2) is 30.0 Å². The molecule has 0 aliphatic carbocycles. The molecule has 3 amide bonds. The maximum absolute atomic E-state index is 13.2. The van der Waals surface area contributed by atoms with E-state index >= 15 is 0 Å². The smallest absolute Gasteiger partial charge is 0.405 e. The van der Waals surface area contributed by atoms with E-state index in [2.05, 4.69) is 10.1 Å². The zero-order chi connectivity index (χ0) is 25.7. The maximum atomic E-state index is 13.2. The molecule has 4 rings (SSSR count). The zero-order valence-electron chi connectivity index (χ0n) is 19.5. The van der Waals surface area contributed by atoms with Crippen LogP contribution < -0.4 is 15.0 Å². The Labute approximate surface area is 204 Å². The molecular formula is C25H23F3N2O4S. The van der Waals surface area contributed by atoms with E-state index in [-0.39, 0.29) is 16.4 Å². The van der Waals surface area contributed by atoms with Gasteiger partial charge in [-0.05, 0) is 72.1 Å². The number of anilines is 1. The predicted molar refractivity (Wildman–Crippen MR) is 128 cm³/mol. The number of thioether (sulfide) groups is 1. The molecule has 2 aromatic rings. The summed E-state index contributed by atoms with van der Waals surface area (Å²) in [5.41, 5.74) is 2.90. The maximum Gasteiger partial charge on any atom is 0.573 e. The lowest BCUT2D eigenvalue weighted by Gasteiger charge is -2.39. The monoisotopic (exact) mass is 504 g/mol. The van der Waals surface area contributed by atoms with Crippen molar-refractivity contribution in [1.82, 2.24) is 5.32 Å². The van der Waals surface area contributed by atoms with Crippen LogP contribution in [0.2, 0.25) is 0 Å². The number of aryl methyl sites for hydroxylation is 1. The third kappa shape index (κ3) is 4.93. The van der Waals surface area contributed by atoms with Crippen molar-refractivity contribution in [1.29, 1.82) is 0 Å². The SMILES string of the molecule is CCN1C(=O)CC(C)(C)c2cc(C)c(-c3cc(/C=C4\SC(=O)NC4=O)ccc3OC(F)(F)F)cc21. The topological polar surface area (TPSA) is 75.7 Å². The van der Waals surface area contributed by atoms with Crippen LogP contribution in [0.25, 0.3) is 17.2 Å². The van der Waals surface area contributed by atoms with Crippen molar-refractivity contribution >= 4 is 40.6 Å². The van der Waals surface area contributed by atoms with E-state index < -0.39 is 28.7 Å². The summed E-state index contributed by atoms with van der Waals surface area (Å²) in [6.45, 7) is 7.98. The standard InChI is InChI=1S/C25H23F3N2O4S/c1-5-30-18-11-15(13(2)8-17(18)24(3,4)12-21(30)31)16-9-14(6-7-19(16)34-25(26,27)28)10-20-22(32)29-23(33)35-20/h6-11H,5,12H2,1-4H3,(H,29,32,33)/b20-10-. The fraction of sp³-hybridized carbons (Fsp3) is 0.320. The van der Waals surface area contributed by atoms with Gasteiger partial charge in [0.05, 0.1) is 4.91 Å². The summed E-state index contributed by atoms with van der Waals surface area (Å²) in [6, 6.07) is 7.67. The van der Waals surface area contributed by atoms with Crippen LogP contribution in [0.3, 0.4) is 0 Å². The number of amides is 3. The fourth-order valence-electron chi connectivity index (χ4n) is 4.44. The first kappa shape index (κ1) is 24.8. The number of fused-ring (bicyclic) bond motifs is 1. The summed E-state index contributed by atoms with van der Waals surface area (Å²) in [4.78, 5) is 38.0. The van der Waals surface area contributed by atoms with E-state index in [1.165, 1.54) is 24.3 Å². The Hall–Kier alpha value is -3.27. The molecule has 0 bridgehead atoms. The van der Waals surface area contributed by atoms with Crippen LogP contribution in [0.1, 0.15) is 43.9 Å². The molecule has 1 fully saturated rings. The number of hydrogen-bond donors (Lipinski definition) is 1. The number of alkyl halides is 3. The minimum Gasteiger partial charge on any atom is -0.405 e. The molecule has 0 unspecified atom stereocenters. The third-order valence-corrected chi connectivity index (χ3v) is 6.84. The quantitative estimate of drug-likeness (QED) is 0.524. The van der Waals surface area contributed by atoms with Crippen LogP contribution in [-0.2, 0) is 15.0 Å². The van der Waals surface area contributed by atoms with Gasteiger partial charge >= 0.3 is 6.36 Å². The van der Waals surface area contributed by atoms with Crippen molar-refractivity contribution in [3.8, 4) is 16.9 Å². The molecule has 35 heavy (non-hydrogen) atoms. The lowest BCUT2D eigenvalue weighted by Crippen LogP contribution is -2.41. The number of nitrogens with zero attached hydrogens (tertiary/aromatic N) is 1. The van der Waals surface area contributed by atoms with Crippen LogP contribution in [0.15, 0.2) is 35.2 Å². The van der Waals surface area contributed by atoms with Gasteiger partial charge in [-0.1, -0.05) is 26.0 Å². The molecule has 0 atom stereocenters. The first-order valence-electron chi connectivity index (χ1n) is 10.9. The van der Waals surface area contributed by atoms with E-state index in [0.717, 1.165) is 5.56 Å². The Balaban J connectivity index is 1.91. The number of imide groups is 1. The first-order chi connectivity index (χ1) is 16.3. The van der Waals surface area contributed by atoms with Crippen LogP contribution in [0.4, 0.5) is 23.7 Å². The highest BCUT2D eigenvalue weighted by Gasteiger charge is 2.37. The van der Waals surface area contributed by atoms with Crippen LogP contribution in [0, 0.1) is 6.92 Å². The molecule has 0 spiro atoms. The number of carbonyl (C=O) groups is 3. The molecule has 1 N–H and O–H groups in total. The van der Waals surface area contributed by atoms with Gasteiger partial charge in [-0.25, -0.2) is 0 Å². The van der Waals surface area contributed by atoms with E-state index in [1.54, 1.807) is 17.9 Å². The van der Waals surface area contributed by atoms with Crippen molar-refractivity contribution in [3.05, 3.63) is 51.9 Å². The molecule has 2 heterocycles. The summed E-state index contributed by atoms with van der Waals surface area (Å²) >= 11 is 0.716. The van der Waals surface area contributed by atoms with Gasteiger partial charge in [0.1, 0.15) is 5.75 Å². The number of rotatable bonds is 4. The van der Waals surface area contributed by atoms with E-state index in [0.29, 0.717) is 47.1 Å². The minimum atomic E-state index is -4.92. The number of ether oxygens (including phenoxy) is 1. The van der Waals surface area contributed by atoms with Crippen molar-refractivity contribution in [2.75, 3.05) is 11.4 Å². The number of halogens is 3.